The molecule has 0 aliphatic carbocycles. The third kappa shape index (κ3) is 2.20. The lowest BCUT2D eigenvalue weighted by atomic mass is 10.0. The van der Waals surface area contributed by atoms with E-state index in [1.807, 2.05) is 30.3 Å². The molecule has 0 spiro atoms. The van der Waals surface area contributed by atoms with E-state index in [-0.39, 0.29) is 11.4 Å². The topological polar surface area (TPSA) is 81.1 Å². The van der Waals surface area contributed by atoms with Crippen LogP contribution in [0.2, 0.25) is 0 Å². The molecule has 6 nitrogen and oxygen atoms in total. The van der Waals surface area contributed by atoms with Crippen molar-refractivity contribution in [3.63, 3.8) is 0 Å². The fourth-order valence-electron chi connectivity index (χ4n) is 2.98. The van der Waals surface area contributed by atoms with Crippen LogP contribution in [0.5, 0.6) is 0 Å². The molecule has 2 aromatic carbocycles. The van der Waals surface area contributed by atoms with Gasteiger partial charge in [-0.3, -0.25) is 24.3 Å². The molecule has 1 atom stereocenters. The number of carbonyl (C=O) groups is 2. The van der Waals surface area contributed by atoms with E-state index in [1.165, 1.54) is 4.57 Å². The molecule has 6 heteroatoms. The van der Waals surface area contributed by atoms with E-state index in [1.54, 1.807) is 24.3 Å². The first-order chi connectivity index (χ1) is 11.6. The number of para-hydroxylation sites is 1. The van der Waals surface area contributed by atoms with Gasteiger partial charge in [0.25, 0.3) is 17.4 Å². The van der Waals surface area contributed by atoms with Crippen LogP contribution in [0, 0.1) is 0 Å². The summed E-state index contributed by atoms with van der Waals surface area (Å²) >= 11 is 0. The van der Waals surface area contributed by atoms with Crippen LogP contribution in [0.15, 0.2) is 59.4 Å². The predicted octanol–water partition coefficient (Wildman–Crippen LogP) is 1.45. The molecule has 1 aliphatic heterocycles. The molecule has 1 aliphatic rings. The molecule has 4 rings (SSSR count). The van der Waals surface area contributed by atoms with Gasteiger partial charge in [0, 0.05) is 6.42 Å². The second-order valence-corrected chi connectivity index (χ2v) is 5.65. The van der Waals surface area contributed by atoms with Crippen molar-refractivity contribution in [3.8, 4) is 0 Å². The third-order valence-electron chi connectivity index (χ3n) is 4.13. The van der Waals surface area contributed by atoms with E-state index in [0.717, 1.165) is 5.56 Å². The maximum Gasteiger partial charge on any atom is 0.294 e. The second kappa shape index (κ2) is 5.42. The standard InChI is InChI=1S/C18H13N3O3/c22-16-14(10-11-6-2-1-3-7-11)21-15(17(23)20-16)19-13-9-5-4-8-12(13)18(21)24/h1-9,14H,10H2,(H,20,22,23). The van der Waals surface area contributed by atoms with E-state index in [9.17, 15) is 14.4 Å². The van der Waals surface area contributed by atoms with Gasteiger partial charge in [-0.2, -0.15) is 0 Å². The minimum absolute atomic E-state index is 0.0285. The van der Waals surface area contributed by atoms with Gasteiger partial charge in [0.1, 0.15) is 6.04 Å². The van der Waals surface area contributed by atoms with Crippen molar-refractivity contribution in [1.29, 1.82) is 0 Å². The molecule has 1 aromatic heterocycles. The highest BCUT2D eigenvalue weighted by molar-refractivity contribution is 6.07. The molecule has 118 valence electrons. The SMILES string of the molecule is O=C1NC(=O)C(Cc2ccccc2)n2c1nc1ccccc1c2=O. The van der Waals surface area contributed by atoms with Gasteiger partial charge < -0.3 is 0 Å². The van der Waals surface area contributed by atoms with Gasteiger partial charge in [-0.15, -0.1) is 0 Å². The van der Waals surface area contributed by atoms with Crippen LogP contribution in [0.1, 0.15) is 22.2 Å². The van der Waals surface area contributed by atoms with Gasteiger partial charge in [-0.25, -0.2) is 4.98 Å². The lowest BCUT2D eigenvalue weighted by Gasteiger charge is -2.26. The molecule has 0 radical (unpaired) electrons. The van der Waals surface area contributed by atoms with E-state index >= 15 is 0 Å². The van der Waals surface area contributed by atoms with E-state index in [0.29, 0.717) is 17.3 Å². The first-order valence-electron chi connectivity index (χ1n) is 7.55. The van der Waals surface area contributed by atoms with E-state index in [4.69, 9.17) is 0 Å². The number of nitrogens with one attached hydrogen (secondary N) is 1. The molecule has 1 N–H and O–H groups in total. The number of aromatic nitrogens is 2. The number of hydrogen-bond acceptors (Lipinski definition) is 4. The number of rotatable bonds is 2. The number of benzene rings is 2. The van der Waals surface area contributed by atoms with E-state index < -0.39 is 17.9 Å². The highest BCUT2D eigenvalue weighted by Gasteiger charge is 2.34. The Morgan fingerprint density at radius 2 is 1.67 bits per heavy atom. The Bertz CT molecular complexity index is 1020. The molecular weight excluding hydrogens is 306 g/mol. The van der Waals surface area contributed by atoms with Crippen LogP contribution in [-0.4, -0.2) is 21.4 Å². The summed E-state index contributed by atoms with van der Waals surface area (Å²) in [6.07, 6.45) is 0.312. The maximum atomic E-state index is 12.9. The average Bonchev–Trinajstić information content (AvgIpc) is 2.60. The smallest absolute Gasteiger partial charge is 0.288 e. The fourth-order valence-corrected chi connectivity index (χ4v) is 2.98. The zero-order chi connectivity index (χ0) is 16.7. The number of hydrogen-bond donors (Lipinski definition) is 1. The van der Waals surface area contributed by atoms with Crippen LogP contribution in [-0.2, 0) is 11.2 Å². The van der Waals surface area contributed by atoms with E-state index in [2.05, 4.69) is 10.3 Å². The first-order valence-corrected chi connectivity index (χ1v) is 7.55. The molecule has 2 heterocycles. The van der Waals surface area contributed by atoms with Crippen molar-refractivity contribution in [2.45, 2.75) is 12.5 Å². The van der Waals surface area contributed by atoms with Crippen molar-refractivity contribution in [2.75, 3.05) is 0 Å². The Kier molecular flexibility index (Phi) is 3.23. The summed E-state index contributed by atoms with van der Waals surface area (Å²) in [5, 5.41) is 2.69. The van der Waals surface area contributed by atoms with Crippen LogP contribution < -0.4 is 10.9 Å². The molecule has 0 fully saturated rings. The first kappa shape index (κ1) is 14.3. The summed E-state index contributed by atoms with van der Waals surface area (Å²) in [5.74, 6) is -1.16. The summed E-state index contributed by atoms with van der Waals surface area (Å²) in [5.41, 5.74) is 0.967. The third-order valence-corrected chi connectivity index (χ3v) is 4.13. The fraction of sp³-hybridized carbons (Fsp3) is 0.111. The normalized spacial score (nSPS) is 16.8. The summed E-state index contributed by atoms with van der Waals surface area (Å²) < 4.78 is 1.22. The molecule has 2 amide bonds. The Balaban J connectivity index is 1.93. The lowest BCUT2D eigenvalue weighted by Crippen LogP contribution is -2.50. The summed E-state index contributed by atoms with van der Waals surface area (Å²) in [6.45, 7) is 0. The number of imide groups is 1. The Morgan fingerprint density at radius 1 is 0.958 bits per heavy atom. The Morgan fingerprint density at radius 3 is 2.46 bits per heavy atom. The molecular formula is C18H13N3O3. The number of amides is 2. The Hall–Kier alpha value is -3.28. The minimum Gasteiger partial charge on any atom is -0.288 e. The van der Waals surface area contributed by atoms with Crippen molar-refractivity contribution >= 4 is 22.7 Å². The number of nitrogens with zero attached hydrogens (tertiary/aromatic N) is 2. The monoisotopic (exact) mass is 319 g/mol. The molecule has 1 unspecified atom stereocenters. The van der Waals surface area contributed by atoms with Gasteiger partial charge in [-0.05, 0) is 17.7 Å². The van der Waals surface area contributed by atoms with Crippen LogP contribution >= 0.6 is 0 Å². The minimum atomic E-state index is -0.801. The average molecular weight is 319 g/mol. The van der Waals surface area contributed by atoms with Crippen molar-refractivity contribution in [2.24, 2.45) is 0 Å². The molecule has 24 heavy (non-hydrogen) atoms. The van der Waals surface area contributed by atoms with Crippen LogP contribution in [0.4, 0.5) is 0 Å². The number of carbonyl (C=O) groups excluding carboxylic acids is 2. The zero-order valence-corrected chi connectivity index (χ0v) is 12.6. The van der Waals surface area contributed by atoms with Crippen molar-refractivity contribution in [3.05, 3.63) is 76.3 Å². The predicted molar refractivity (Wildman–Crippen MR) is 87.7 cm³/mol. The van der Waals surface area contributed by atoms with Gasteiger partial charge >= 0.3 is 0 Å². The lowest BCUT2D eigenvalue weighted by molar-refractivity contribution is -0.124. The summed E-state index contributed by atoms with van der Waals surface area (Å²) in [7, 11) is 0. The largest absolute Gasteiger partial charge is 0.294 e. The Labute approximate surface area is 136 Å². The van der Waals surface area contributed by atoms with Crippen LogP contribution in [0.25, 0.3) is 10.9 Å². The van der Waals surface area contributed by atoms with Crippen LogP contribution in [0.3, 0.4) is 0 Å². The number of fused-ring (bicyclic) bond motifs is 2. The van der Waals surface area contributed by atoms with Gasteiger partial charge in [0.2, 0.25) is 5.82 Å². The molecule has 3 aromatic rings. The quantitative estimate of drug-likeness (QED) is 0.725. The highest BCUT2D eigenvalue weighted by Crippen LogP contribution is 2.20. The van der Waals surface area contributed by atoms with Gasteiger partial charge in [-0.1, -0.05) is 42.5 Å². The molecule has 0 bridgehead atoms. The summed E-state index contributed by atoms with van der Waals surface area (Å²) in [4.78, 5) is 41.6. The zero-order valence-electron chi connectivity index (χ0n) is 12.6. The summed E-state index contributed by atoms with van der Waals surface area (Å²) in [6, 6.07) is 15.4. The van der Waals surface area contributed by atoms with Gasteiger partial charge in [0.05, 0.1) is 10.9 Å². The van der Waals surface area contributed by atoms with Gasteiger partial charge in [0.15, 0.2) is 0 Å². The second-order valence-electron chi connectivity index (χ2n) is 5.65. The molecule has 0 saturated carbocycles. The van der Waals surface area contributed by atoms with Crippen molar-refractivity contribution in [1.82, 2.24) is 14.9 Å². The molecule has 0 saturated heterocycles. The highest BCUT2D eigenvalue weighted by atomic mass is 16.2. The maximum absolute atomic E-state index is 12.9. The van der Waals surface area contributed by atoms with Crippen molar-refractivity contribution < 1.29 is 9.59 Å².